The first kappa shape index (κ1) is 50.8. The molecule has 0 aliphatic heterocycles. The molecule has 0 radical (unpaired) electrons. The van der Waals surface area contributed by atoms with Gasteiger partial charge in [-0.1, -0.05) is 194 Å². The third-order valence-corrected chi connectivity index (χ3v) is 17.9. The zero-order valence-corrected chi connectivity index (χ0v) is 46.1. The van der Waals surface area contributed by atoms with Gasteiger partial charge in [0.2, 0.25) is 0 Å². The Bertz CT molecular complexity index is 2760. The van der Waals surface area contributed by atoms with E-state index >= 15 is 0 Å². The Labute approximate surface area is 435 Å². The lowest BCUT2D eigenvalue weighted by atomic mass is 9.81. The van der Waals surface area contributed by atoms with Crippen LogP contribution in [-0.4, -0.2) is 0 Å². The Balaban J connectivity index is 1.17. The van der Waals surface area contributed by atoms with Gasteiger partial charge >= 0.3 is 0 Å². The molecule has 378 valence electrons. The minimum Gasteiger partial charge on any atom is -0.0654 e. The average molecular weight is 956 g/mol. The van der Waals surface area contributed by atoms with Gasteiger partial charge in [-0.25, -0.2) is 0 Å². The van der Waals surface area contributed by atoms with Crippen molar-refractivity contribution in [2.75, 3.05) is 0 Å². The summed E-state index contributed by atoms with van der Waals surface area (Å²) in [6, 6.07) is 31.8. The molecule has 0 aromatic heterocycles. The van der Waals surface area contributed by atoms with Crippen LogP contribution in [0.15, 0.2) is 72.8 Å². The lowest BCUT2D eigenvalue weighted by molar-refractivity contribution is 0.651. The Morgan fingerprint density at radius 1 is 0.153 bits per heavy atom. The first-order chi connectivity index (χ1) is 35.5. The summed E-state index contributed by atoms with van der Waals surface area (Å²) in [6.07, 6.45) is 39.0. The molecule has 10 aromatic rings. The van der Waals surface area contributed by atoms with Crippen LogP contribution >= 0.6 is 0 Å². The second-order valence-corrected chi connectivity index (χ2v) is 23.2. The molecule has 0 unspecified atom stereocenters. The highest BCUT2D eigenvalue weighted by Crippen LogP contribution is 2.50. The standard InChI is InChI=1S/C72H90/c1-7-13-19-25-31-49-37-55-56(38-50(49)32-26-20-14-8-2)62-44-68-67(43-61(55)62)69-45-63-57-39-51(33-27-21-15-9-3)52(34-28-22-16-10-4)40-58(57)65(63)47-71(69)72-48-66-60-42-54(36-30-24-18-12-6)53(35-29-23-17-11-5)41-59(60)64(66)46-70(68)72/h37-48H,7-36H2,1-6H3. The monoisotopic (exact) mass is 955 g/mol. The predicted molar refractivity (Wildman–Crippen MR) is 325 cm³/mol. The number of unbranched alkanes of at least 4 members (excludes halogenated alkanes) is 18. The van der Waals surface area contributed by atoms with Crippen LogP contribution in [0.5, 0.6) is 0 Å². The highest BCUT2D eigenvalue weighted by molar-refractivity contribution is 6.39. The number of benzene rings is 7. The fourth-order valence-corrected chi connectivity index (χ4v) is 13.5. The molecule has 0 nitrogen and oxygen atoms in total. The van der Waals surface area contributed by atoms with Gasteiger partial charge in [-0.15, -0.1) is 0 Å². The Morgan fingerprint density at radius 2 is 0.278 bits per heavy atom. The summed E-state index contributed by atoms with van der Waals surface area (Å²) >= 11 is 0. The molecule has 10 aromatic carbocycles. The highest BCUT2D eigenvalue weighted by Gasteiger charge is 2.23. The zero-order chi connectivity index (χ0) is 49.6. The molecule has 0 spiro atoms. The summed E-state index contributed by atoms with van der Waals surface area (Å²) in [5.74, 6) is 0. The van der Waals surface area contributed by atoms with Crippen molar-refractivity contribution in [2.24, 2.45) is 0 Å². The lowest BCUT2D eigenvalue weighted by Crippen LogP contribution is -2.00. The summed E-state index contributed by atoms with van der Waals surface area (Å²) in [5.41, 5.74) is 9.72. The molecular weight excluding hydrogens is 865 g/mol. The van der Waals surface area contributed by atoms with Crippen molar-refractivity contribution in [1.29, 1.82) is 0 Å². The van der Waals surface area contributed by atoms with Gasteiger partial charge in [0, 0.05) is 0 Å². The van der Waals surface area contributed by atoms with Crippen molar-refractivity contribution in [3.63, 3.8) is 0 Å². The predicted octanol–water partition coefficient (Wildman–Crippen LogP) is 23.1. The Kier molecular flexibility index (Phi) is 16.7. The van der Waals surface area contributed by atoms with Crippen LogP contribution in [0.25, 0.3) is 97.0 Å². The molecule has 0 N–H and O–H groups in total. The number of hydrogen-bond donors (Lipinski definition) is 0. The van der Waals surface area contributed by atoms with Gasteiger partial charge in [-0.3, -0.25) is 0 Å². The van der Waals surface area contributed by atoms with E-state index in [9.17, 15) is 0 Å². The molecular formula is C72H90. The molecule has 72 heavy (non-hydrogen) atoms. The van der Waals surface area contributed by atoms with Crippen LogP contribution in [0, 0.1) is 0 Å². The van der Waals surface area contributed by atoms with E-state index < -0.39 is 0 Å². The molecule has 0 heterocycles. The molecule has 10 rings (SSSR count). The third kappa shape index (κ3) is 10.1. The van der Waals surface area contributed by atoms with Crippen LogP contribution in [-0.2, 0) is 38.5 Å². The summed E-state index contributed by atoms with van der Waals surface area (Å²) < 4.78 is 0. The molecule has 0 aliphatic carbocycles. The van der Waals surface area contributed by atoms with Crippen molar-refractivity contribution in [3.05, 3.63) is 106 Å². The largest absolute Gasteiger partial charge is 0.0654 e. The fourth-order valence-electron chi connectivity index (χ4n) is 13.5. The molecule has 0 atom stereocenters. The maximum atomic E-state index is 2.65. The maximum Gasteiger partial charge on any atom is -0.00921 e. The van der Waals surface area contributed by atoms with Crippen molar-refractivity contribution in [1.82, 2.24) is 0 Å². The summed E-state index contributed by atoms with van der Waals surface area (Å²) in [7, 11) is 0. The summed E-state index contributed by atoms with van der Waals surface area (Å²) in [6.45, 7) is 14.0. The third-order valence-electron chi connectivity index (χ3n) is 17.9. The van der Waals surface area contributed by atoms with Gasteiger partial charge in [0.15, 0.2) is 0 Å². The first-order valence-electron chi connectivity index (χ1n) is 30.5. The van der Waals surface area contributed by atoms with Gasteiger partial charge in [-0.2, -0.15) is 0 Å². The molecule has 0 saturated carbocycles. The van der Waals surface area contributed by atoms with Crippen LogP contribution in [0.1, 0.15) is 229 Å². The fraction of sp³-hybridized carbons (Fsp3) is 0.500. The minimum atomic E-state index is 1.22. The summed E-state index contributed by atoms with van der Waals surface area (Å²) in [5, 5.41) is 26.5. The lowest BCUT2D eigenvalue weighted by Gasteiger charge is -2.23. The van der Waals surface area contributed by atoms with E-state index in [2.05, 4.69) is 114 Å². The normalized spacial score (nSPS) is 12.6. The van der Waals surface area contributed by atoms with Gasteiger partial charge in [-0.05, 0) is 244 Å². The van der Waals surface area contributed by atoms with Crippen LogP contribution < -0.4 is 0 Å². The molecule has 0 amide bonds. The SMILES string of the molecule is CCCCCCc1cc2c(cc1CCCCCC)c1cc3c(cc21)c1cc2c4cc(CCCCCC)c(CCCCCC)cc4c2cc1c1cc2c4cc(CCCCCC)c(CCCCCC)cc4c2cc31. The zero-order valence-electron chi connectivity index (χ0n) is 46.1. The number of fused-ring (bicyclic) bond motifs is 18. The average Bonchev–Trinajstić information content (AvgIpc) is 3.39. The molecule has 0 saturated heterocycles. The van der Waals surface area contributed by atoms with Crippen molar-refractivity contribution >= 4 is 97.0 Å². The van der Waals surface area contributed by atoms with Crippen molar-refractivity contribution in [2.45, 2.75) is 234 Å². The van der Waals surface area contributed by atoms with Gasteiger partial charge in [0.05, 0.1) is 0 Å². The van der Waals surface area contributed by atoms with Gasteiger partial charge in [0.25, 0.3) is 0 Å². The second-order valence-electron chi connectivity index (χ2n) is 23.2. The molecule has 0 heteroatoms. The topological polar surface area (TPSA) is 0 Å². The molecule has 0 aliphatic rings. The number of hydrogen-bond acceptors (Lipinski definition) is 0. The molecule has 0 fully saturated rings. The number of aryl methyl sites for hydroxylation is 6. The van der Waals surface area contributed by atoms with Crippen LogP contribution in [0.3, 0.4) is 0 Å². The summed E-state index contributed by atoms with van der Waals surface area (Å²) in [4.78, 5) is 0. The smallest absolute Gasteiger partial charge is 0.00921 e. The van der Waals surface area contributed by atoms with E-state index in [4.69, 9.17) is 0 Å². The first-order valence-corrected chi connectivity index (χ1v) is 30.5. The minimum absolute atomic E-state index is 1.22. The highest BCUT2D eigenvalue weighted by atomic mass is 14.3. The van der Waals surface area contributed by atoms with Gasteiger partial charge < -0.3 is 0 Å². The van der Waals surface area contributed by atoms with Gasteiger partial charge in [0.1, 0.15) is 0 Å². The van der Waals surface area contributed by atoms with Crippen molar-refractivity contribution < 1.29 is 0 Å². The second kappa shape index (κ2) is 23.7. The molecule has 0 bridgehead atoms. The van der Waals surface area contributed by atoms with E-state index in [0.29, 0.717) is 0 Å². The number of rotatable bonds is 30. The van der Waals surface area contributed by atoms with E-state index in [1.165, 1.54) is 290 Å². The van der Waals surface area contributed by atoms with E-state index in [0.717, 1.165) is 0 Å². The van der Waals surface area contributed by atoms with E-state index in [-0.39, 0.29) is 0 Å². The Morgan fingerprint density at radius 3 is 0.403 bits per heavy atom. The van der Waals surface area contributed by atoms with E-state index in [1.807, 2.05) is 0 Å². The van der Waals surface area contributed by atoms with Crippen LogP contribution in [0.2, 0.25) is 0 Å². The Hall–Kier alpha value is -4.68. The van der Waals surface area contributed by atoms with Crippen molar-refractivity contribution in [3.8, 4) is 0 Å². The van der Waals surface area contributed by atoms with Crippen LogP contribution in [0.4, 0.5) is 0 Å². The quantitative estimate of drug-likeness (QED) is 0.0311. The maximum absolute atomic E-state index is 2.65. The van der Waals surface area contributed by atoms with E-state index in [1.54, 1.807) is 33.4 Å².